The van der Waals surface area contributed by atoms with Crippen molar-refractivity contribution in [1.82, 2.24) is 15.1 Å². The van der Waals surface area contributed by atoms with Crippen LogP contribution >= 0.6 is 0 Å². The van der Waals surface area contributed by atoms with Crippen molar-refractivity contribution in [3.05, 3.63) is 54.3 Å². The molecule has 2 N–H and O–H groups in total. The van der Waals surface area contributed by atoms with E-state index in [0.717, 1.165) is 0 Å². The number of ether oxygens (including phenoxy) is 1. The minimum Gasteiger partial charge on any atom is -0.463 e. The quantitative estimate of drug-likeness (QED) is 0.702. The summed E-state index contributed by atoms with van der Waals surface area (Å²) < 4.78 is 35.6. The largest absolute Gasteiger partial charge is 0.463 e. The van der Waals surface area contributed by atoms with Crippen LogP contribution in [0.4, 0.5) is 19.4 Å². The highest BCUT2D eigenvalue weighted by Gasteiger charge is 2.12. The van der Waals surface area contributed by atoms with Crippen molar-refractivity contribution in [2.75, 3.05) is 5.32 Å². The maximum atomic E-state index is 12.2. The Bertz CT molecular complexity index is 878. The van der Waals surface area contributed by atoms with Crippen LogP contribution in [-0.2, 0) is 13.6 Å². The van der Waals surface area contributed by atoms with E-state index in [1.54, 1.807) is 37.4 Å². The van der Waals surface area contributed by atoms with Gasteiger partial charge in [0, 0.05) is 19.7 Å². The molecule has 26 heavy (non-hydrogen) atoms. The third-order valence-electron chi connectivity index (χ3n) is 3.47. The molecule has 3 aromatic rings. The lowest BCUT2D eigenvalue weighted by Gasteiger charge is -2.09. The number of hydrogen-bond acceptors (Lipinski definition) is 4. The molecule has 0 fully saturated rings. The van der Waals surface area contributed by atoms with Crippen molar-refractivity contribution < 1.29 is 22.7 Å². The zero-order chi connectivity index (χ0) is 18.5. The van der Waals surface area contributed by atoms with Gasteiger partial charge in [0.25, 0.3) is 0 Å². The highest BCUT2D eigenvalue weighted by Crippen LogP contribution is 2.21. The number of hydrogen-bond donors (Lipinski definition) is 2. The number of alkyl halides is 2. The number of carbonyl (C=O) groups excluding carboxylic acids is 1. The lowest BCUT2D eigenvalue weighted by molar-refractivity contribution is -0.0498. The van der Waals surface area contributed by atoms with E-state index in [-0.39, 0.29) is 12.3 Å². The number of nitrogens with zero attached hydrogens (tertiary/aromatic N) is 2. The van der Waals surface area contributed by atoms with Crippen LogP contribution in [-0.4, -0.2) is 22.4 Å². The molecular formula is C17H16F2N4O3. The number of urea groups is 1. The fourth-order valence-electron chi connectivity index (χ4n) is 2.30. The number of halogens is 2. The van der Waals surface area contributed by atoms with Gasteiger partial charge in [-0.15, -0.1) is 0 Å². The molecule has 0 atom stereocenters. The van der Waals surface area contributed by atoms with Crippen molar-refractivity contribution in [3.8, 4) is 17.2 Å². The van der Waals surface area contributed by atoms with Crippen LogP contribution in [0.2, 0.25) is 0 Å². The summed E-state index contributed by atoms with van der Waals surface area (Å²) in [5.74, 6) is 1.10. The van der Waals surface area contributed by atoms with E-state index in [0.29, 0.717) is 22.8 Å². The molecule has 7 nitrogen and oxygen atoms in total. The van der Waals surface area contributed by atoms with Crippen LogP contribution in [0.15, 0.2) is 53.1 Å². The SMILES string of the molecule is Cn1nc(-c2ccco2)cc1NC(=O)NCc1cccc(OC(F)F)c1. The highest BCUT2D eigenvalue weighted by atomic mass is 19.3. The average Bonchev–Trinajstić information content (AvgIpc) is 3.23. The summed E-state index contributed by atoms with van der Waals surface area (Å²) in [5.41, 5.74) is 1.21. The van der Waals surface area contributed by atoms with E-state index in [9.17, 15) is 13.6 Å². The van der Waals surface area contributed by atoms with E-state index in [4.69, 9.17) is 4.42 Å². The van der Waals surface area contributed by atoms with Gasteiger partial charge >= 0.3 is 12.6 Å². The number of furan rings is 1. The Hall–Kier alpha value is -3.36. The zero-order valence-corrected chi connectivity index (χ0v) is 13.8. The Morgan fingerprint density at radius 3 is 2.88 bits per heavy atom. The van der Waals surface area contributed by atoms with Crippen molar-refractivity contribution in [2.45, 2.75) is 13.2 Å². The molecule has 9 heteroatoms. The highest BCUT2D eigenvalue weighted by molar-refractivity contribution is 5.88. The van der Waals surface area contributed by atoms with Crippen LogP contribution in [0.5, 0.6) is 5.75 Å². The second-order valence-corrected chi connectivity index (χ2v) is 5.35. The van der Waals surface area contributed by atoms with Crippen molar-refractivity contribution in [3.63, 3.8) is 0 Å². The summed E-state index contributed by atoms with van der Waals surface area (Å²) in [5, 5.41) is 9.57. The fraction of sp³-hybridized carbons (Fsp3) is 0.176. The van der Waals surface area contributed by atoms with Gasteiger partial charge in [-0.3, -0.25) is 10.00 Å². The number of benzene rings is 1. The average molecular weight is 362 g/mol. The topological polar surface area (TPSA) is 81.3 Å². The van der Waals surface area contributed by atoms with Crippen LogP contribution in [0.3, 0.4) is 0 Å². The summed E-state index contributed by atoms with van der Waals surface area (Å²) in [6, 6.07) is 10.8. The third-order valence-corrected chi connectivity index (χ3v) is 3.47. The first-order chi connectivity index (χ1) is 12.5. The Balaban J connectivity index is 1.58. The molecule has 2 heterocycles. The fourth-order valence-corrected chi connectivity index (χ4v) is 2.30. The van der Waals surface area contributed by atoms with E-state index in [1.807, 2.05) is 0 Å². The normalized spacial score (nSPS) is 10.8. The molecule has 0 saturated heterocycles. The van der Waals surface area contributed by atoms with Gasteiger partial charge in [-0.05, 0) is 29.8 Å². The molecule has 0 saturated carbocycles. The van der Waals surface area contributed by atoms with Gasteiger partial charge in [0.2, 0.25) is 0 Å². The zero-order valence-electron chi connectivity index (χ0n) is 13.8. The van der Waals surface area contributed by atoms with E-state index in [2.05, 4.69) is 20.5 Å². The van der Waals surface area contributed by atoms with Crippen molar-refractivity contribution in [1.29, 1.82) is 0 Å². The molecule has 2 aromatic heterocycles. The van der Waals surface area contributed by atoms with Gasteiger partial charge in [0.15, 0.2) is 5.76 Å². The molecular weight excluding hydrogens is 346 g/mol. The third kappa shape index (κ3) is 4.38. The maximum Gasteiger partial charge on any atom is 0.387 e. The second-order valence-electron chi connectivity index (χ2n) is 5.35. The summed E-state index contributed by atoms with van der Waals surface area (Å²) in [6.45, 7) is -2.75. The Morgan fingerprint density at radius 2 is 2.15 bits per heavy atom. The summed E-state index contributed by atoms with van der Waals surface area (Å²) in [7, 11) is 1.69. The molecule has 0 bridgehead atoms. The number of aromatic nitrogens is 2. The number of aryl methyl sites for hydroxylation is 1. The smallest absolute Gasteiger partial charge is 0.387 e. The van der Waals surface area contributed by atoms with Crippen LogP contribution < -0.4 is 15.4 Å². The van der Waals surface area contributed by atoms with E-state index < -0.39 is 12.6 Å². The molecule has 0 aliphatic rings. The standard InChI is InChI=1S/C17H16F2N4O3/c1-23-15(9-13(22-23)14-6-3-7-25-14)21-17(24)20-10-11-4-2-5-12(8-11)26-16(18)19/h2-9,16H,10H2,1H3,(H2,20,21,24). The second kappa shape index (κ2) is 7.68. The van der Waals surface area contributed by atoms with E-state index in [1.165, 1.54) is 23.1 Å². The number of amides is 2. The van der Waals surface area contributed by atoms with Gasteiger partial charge in [-0.25, -0.2) is 4.79 Å². The summed E-state index contributed by atoms with van der Waals surface area (Å²) >= 11 is 0. The molecule has 3 rings (SSSR count). The van der Waals surface area contributed by atoms with Gasteiger partial charge < -0.3 is 14.5 Å². The monoisotopic (exact) mass is 362 g/mol. The Labute approximate surface area is 147 Å². The summed E-state index contributed by atoms with van der Waals surface area (Å²) in [4.78, 5) is 12.1. The van der Waals surface area contributed by atoms with Gasteiger partial charge in [-0.1, -0.05) is 12.1 Å². The number of carbonyl (C=O) groups is 1. The maximum absolute atomic E-state index is 12.2. The first-order valence-corrected chi connectivity index (χ1v) is 7.68. The predicted molar refractivity (Wildman–Crippen MR) is 89.8 cm³/mol. The van der Waals surface area contributed by atoms with Crippen LogP contribution in [0.1, 0.15) is 5.56 Å². The molecule has 2 amide bonds. The van der Waals surface area contributed by atoms with Gasteiger partial charge in [0.05, 0.1) is 6.26 Å². The van der Waals surface area contributed by atoms with Crippen molar-refractivity contribution >= 4 is 11.8 Å². The van der Waals surface area contributed by atoms with Crippen molar-refractivity contribution in [2.24, 2.45) is 7.05 Å². The van der Waals surface area contributed by atoms with Crippen LogP contribution in [0, 0.1) is 0 Å². The molecule has 0 spiro atoms. The minimum absolute atomic E-state index is 0.0365. The van der Waals surface area contributed by atoms with Gasteiger partial charge in [0.1, 0.15) is 17.3 Å². The van der Waals surface area contributed by atoms with E-state index >= 15 is 0 Å². The number of nitrogens with one attached hydrogen (secondary N) is 2. The number of anilines is 1. The predicted octanol–water partition coefficient (Wildman–Crippen LogP) is 3.60. The first-order valence-electron chi connectivity index (χ1n) is 7.68. The molecule has 0 aliphatic carbocycles. The lowest BCUT2D eigenvalue weighted by Crippen LogP contribution is -2.29. The first kappa shape index (κ1) is 17.5. The Morgan fingerprint density at radius 1 is 1.31 bits per heavy atom. The van der Waals surface area contributed by atoms with Gasteiger partial charge in [-0.2, -0.15) is 13.9 Å². The molecule has 0 radical (unpaired) electrons. The summed E-state index contributed by atoms with van der Waals surface area (Å²) in [6.07, 6.45) is 1.54. The molecule has 0 unspecified atom stereocenters. The lowest BCUT2D eigenvalue weighted by atomic mass is 10.2. The minimum atomic E-state index is -2.89. The molecule has 0 aliphatic heterocycles. The molecule has 1 aromatic carbocycles. The number of rotatable bonds is 6. The van der Waals surface area contributed by atoms with Crippen LogP contribution in [0.25, 0.3) is 11.5 Å². The Kier molecular flexibility index (Phi) is 5.16. The molecule has 136 valence electrons.